The summed E-state index contributed by atoms with van der Waals surface area (Å²) in [6, 6.07) is 5.02. The summed E-state index contributed by atoms with van der Waals surface area (Å²) in [6.07, 6.45) is 0. The predicted octanol–water partition coefficient (Wildman–Crippen LogP) is 2.55. The predicted molar refractivity (Wildman–Crippen MR) is 54.3 cm³/mol. The molecule has 2 rings (SSSR count). The Morgan fingerprint density at radius 3 is 2.36 bits per heavy atom. The van der Waals surface area contributed by atoms with Crippen LogP contribution in [0.2, 0.25) is 0 Å². The molecule has 0 atom stereocenters. The summed E-state index contributed by atoms with van der Waals surface area (Å²) in [5, 5.41) is 0. The number of hydrogen-bond acceptors (Lipinski definition) is 2. The summed E-state index contributed by atoms with van der Waals surface area (Å²) in [4.78, 5) is 23.3. The molecule has 0 N–H and O–H groups in total. The topological polar surface area (TPSA) is 34.1 Å². The van der Waals surface area contributed by atoms with Gasteiger partial charge in [-0.1, -0.05) is 41.4 Å². The van der Waals surface area contributed by atoms with Gasteiger partial charge in [-0.25, -0.2) is 0 Å². The van der Waals surface area contributed by atoms with Crippen LogP contribution >= 0.6 is 23.2 Å². The van der Waals surface area contributed by atoms with Gasteiger partial charge in [0, 0.05) is 11.1 Å². The minimum Gasteiger partial charge on any atom is -0.290 e. The molecule has 0 unspecified atom stereocenters. The fraction of sp³-hybridized carbons (Fsp3) is 0.200. The van der Waals surface area contributed by atoms with Crippen molar-refractivity contribution in [2.24, 2.45) is 0 Å². The van der Waals surface area contributed by atoms with Gasteiger partial charge in [-0.05, 0) is 12.5 Å². The molecule has 0 aromatic heterocycles. The van der Waals surface area contributed by atoms with Gasteiger partial charge < -0.3 is 0 Å². The third-order valence-electron chi connectivity index (χ3n) is 2.31. The number of ketones is 2. The highest BCUT2D eigenvalue weighted by molar-refractivity contribution is 6.73. The molecule has 14 heavy (non-hydrogen) atoms. The van der Waals surface area contributed by atoms with Gasteiger partial charge in [-0.3, -0.25) is 9.59 Å². The lowest BCUT2D eigenvalue weighted by atomic mass is 10.0. The number of alkyl halides is 2. The zero-order valence-corrected chi connectivity index (χ0v) is 8.82. The van der Waals surface area contributed by atoms with Gasteiger partial charge in [0.15, 0.2) is 0 Å². The third kappa shape index (κ3) is 1.04. The SMILES string of the molecule is Cc1cccc2c1C(=O)C(Cl)(Cl)C2=O. The molecule has 0 saturated carbocycles. The lowest BCUT2D eigenvalue weighted by molar-refractivity contribution is 0.0908. The van der Waals surface area contributed by atoms with E-state index in [1.54, 1.807) is 25.1 Å². The number of carbonyl (C=O) groups excluding carboxylic acids is 2. The van der Waals surface area contributed by atoms with Gasteiger partial charge in [0.1, 0.15) is 0 Å². The second-order valence-corrected chi connectivity index (χ2v) is 4.56. The first-order chi connectivity index (χ1) is 6.46. The molecular formula is C10H6Cl2O2. The van der Waals surface area contributed by atoms with E-state index in [9.17, 15) is 9.59 Å². The van der Waals surface area contributed by atoms with Crippen LogP contribution in [0.1, 0.15) is 26.3 Å². The van der Waals surface area contributed by atoms with E-state index in [0.717, 1.165) is 5.56 Å². The van der Waals surface area contributed by atoms with Crippen molar-refractivity contribution >= 4 is 34.8 Å². The summed E-state index contributed by atoms with van der Waals surface area (Å²) in [7, 11) is 0. The van der Waals surface area contributed by atoms with Crippen LogP contribution in [0.4, 0.5) is 0 Å². The van der Waals surface area contributed by atoms with Crippen molar-refractivity contribution in [1.82, 2.24) is 0 Å². The van der Waals surface area contributed by atoms with E-state index in [4.69, 9.17) is 23.2 Å². The molecule has 72 valence electrons. The van der Waals surface area contributed by atoms with Crippen LogP contribution < -0.4 is 0 Å². The van der Waals surface area contributed by atoms with Crippen molar-refractivity contribution in [2.45, 2.75) is 11.3 Å². The van der Waals surface area contributed by atoms with E-state index in [0.29, 0.717) is 11.1 Å². The molecule has 0 radical (unpaired) electrons. The van der Waals surface area contributed by atoms with Crippen molar-refractivity contribution in [3.63, 3.8) is 0 Å². The zero-order valence-electron chi connectivity index (χ0n) is 7.30. The number of carbonyl (C=O) groups is 2. The average Bonchev–Trinajstić information content (AvgIpc) is 2.30. The van der Waals surface area contributed by atoms with Crippen LogP contribution in [0.3, 0.4) is 0 Å². The van der Waals surface area contributed by atoms with Crippen LogP contribution in [0, 0.1) is 6.92 Å². The van der Waals surface area contributed by atoms with E-state index < -0.39 is 15.9 Å². The van der Waals surface area contributed by atoms with Crippen molar-refractivity contribution in [3.05, 3.63) is 34.9 Å². The molecule has 0 heterocycles. The standard InChI is InChI=1S/C10H6Cl2O2/c1-5-3-2-4-6-7(5)9(14)10(11,12)8(6)13/h2-4H,1H3. The zero-order chi connectivity index (χ0) is 10.5. The maximum atomic E-state index is 11.7. The Morgan fingerprint density at radius 1 is 1.14 bits per heavy atom. The summed E-state index contributed by atoms with van der Waals surface area (Å²) < 4.78 is -1.92. The van der Waals surface area contributed by atoms with E-state index in [1.165, 1.54) is 0 Å². The van der Waals surface area contributed by atoms with Crippen LogP contribution in [-0.2, 0) is 0 Å². The first-order valence-electron chi connectivity index (χ1n) is 4.03. The largest absolute Gasteiger partial charge is 0.290 e. The Kier molecular flexibility index (Phi) is 1.95. The van der Waals surface area contributed by atoms with E-state index in [1.807, 2.05) is 0 Å². The molecule has 2 nitrogen and oxygen atoms in total. The Balaban J connectivity index is 2.77. The van der Waals surface area contributed by atoms with Crippen molar-refractivity contribution < 1.29 is 9.59 Å². The summed E-state index contributed by atoms with van der Waals surface area (Å²) >= 11 is 11.3. The smallest absolute Gasteiger partial charge is 0.242 e. The van der Waals surface area contributed by atoms with Crippen LogP contribution in [0.15, 0.2) is 18.2 Å². The lowest BCUT2D eigenvalue weighted by Crippen LogP contribution is -2.27. The number of benzene rings is 1. The normalized spacial score (nSPS) is 18.5. The number of aryl methyl sites for hydroxylation is 1. The number of hydrogen-bond donors (Lipinski definition) is 0. The number of halogens is 2. The molecule has 0 aliphatic heterocycles. The molecule has 0 bridgehead atoms. The van der Waals surface area contributed by atoms with Crippen molar-refractivity contribution in [1.29, 1.82) is 0 Å². The molecule has 0 fully saturated rings. The quantitative estimate of drug-likeness (QED) is 0.506. The van der Waals surface area contributed by atoms with Crippen LogP contribution in [-0.4, -0.2) is 15.9 Å². The first kappa shape index (κ1) is 9.69. The maximum absolute atomic E-state index is 11.7. The van der Waals surface area contributed by atoms with Crippen LogP contribution in [0.5, 0.6) is 0 Å². The van der Waals surface area contributed by atoms with Gasteiger partial charge in [0.2, 0.25) is 15.9 Å². The number of rotatable bonds is 0. The highest BCUT2D eigenvalue weighted by Crippen LogP contribution is 2.39. The van der Waals surface area contributed by atoms with E-state index in [2.05, 4.69) is 0 Å². The van der Waals surface area contributed by atoms with Crippen molar-refractivity contribution in [2.75, 3.05) is 0 Å². The fourth-order valence-electron chi connectivity index (χ4n) is 1.59. The number of fused-ring (bicyclic) bond motifs is 1. The Hall–Kier alpha value is -0.860. The van der Waals surface area contributed by atoms with E-state index >= 15 is 0 Å². The van der Waals surface area contributed by atoms with Gasteiger partial charge >= 0.3 is 0 Å². The van der Waals surface area contributed by atoms with E-state index in [-0.39, 0.29) is 0 Å². The summed E-state index contributed by atoms with van der Waals surface area (Å²) in [5.41, 5.74) is 1.39. The molecule has 0 saturated heterocycles. The fourth-order valence-corrected chi connectivity index (χ4v) is 1.98. The maximum Gasteiger partial charge on any atom is 0.242 e. The highest BCUT2D eigenvalue weighted by atomic mass is 35.5. The van der Waals surface area contributed by atoms with Gasteiger partial charge in [-0.2, -0.15) is 0 Å². The molecular weight excluding hydrogens is 223 g/mol. The minimum atomic E-state index is -1.92. The summed E-state index contributed by atoms with van der Waals surface area (Å²) in [5.74, 6) is -1.04. The minimum absolute atomic E-state index is 0.319. The van der Waals surface area contributed by atoms with Gasteiger partial charge in [0.25, 0.3) is 0 Å². The molecule has 1 aliphatic rings. The summed E-state index contributed by atoms with van der Waals surface area (Å²) in [6.45, 7) is 1.75. The molecule has 1 aromatic carbocycles. The molecule has 1 aromatic rings. The molecule has 0 amide bonds. The lowest BCUT2D eigenvalue weighted by Gasteiger charge is -2.05. The van der Waals surface area contributed by atoms with Gasteiger partial charge in [-0.15, -0.1) is 0 Å². The molecule has 1 aliphatic carbocycles. The second kappa shape index (κ2) is 2.81. The van der Waals surface area contributed by atoms with Crippen molar-refractivity contribution in [3.8, 4) is 0 Å². The Labute approximate surface area is 90.8 Å². The molecule has 0 spiro atoms. The Morgan fingerprint density at radius 2 is 1.79 bits per heavy atom. The molecule has 4 heteroatoms. The first-order valence-corrected chi connectivity index (χ1v) is 4.79. The monoisotopic (exact) mass is 228 g/mol. The van der Waals surface area contributed by atoms with Gasteiger partial charge in [0.05, 0.1) is 0 Å². The number of Topliss-reactive ketones (excluding diaryl/α,β-unsaturated/α-hetero) is 2. The third-order valence-corrected chi connectivity index (χ3v) is 3.00. The van der Waals surface area contributed by atoms with Crippen LogP contribution in [0.25, 0.3) is 0 Å². The Bertz CT molecular complexity index is 449. The average molecular weight is 229 g/mol. The second-order valence-electron chi connectivity index (χ2n) is 3.23. The highest BCUT2D eigenvalue weighted by Gasteiger charge is 2.51.